The summed E-state index contributed by atoms with van der Waals surface area (Å²) in [6, 6.07) is 16.5. The molecule has 0 saturated heterocycles. The van der Waals surface area contributed by atoms with Gasteiger partial charge in [0.15, 0.2) is 0 Å². The molecular weight excluding hydrogens is 378 g/mol. The van der Waals surface area contributed by atoms with Crippen LogP contribution in [0.15, 0.2) is 76.2 Å². The molecular formula is C20H19N3O4S. The Bertz CT molecular complexity index is 968. The molecule has 28 heavy (non-hydrogen) atoms. The van der Waals surface area contributed by atoms with Crippen molar-refractivity contribution in [3.8, 4) is 0 Å². The van der Waals surface area contributed by atoms with E-state index in [9.17, 15) is 13.8 Å². The van der Waals surface area contributed by atoms with E-state index in [0.29, 0.717) is 27.6 Å². The standard InChI is InChI=1S/C20H19N3O4S/c1-28(26)18-10-4-14(5-11-18)19(24)22-15-6-8-16(9-7-15)23-20(25)21-13-17-3-2-12-27-17/h2-12H,13H2,1H3,(H,22,24)(H2,21,23,25). The van der Waals surface area contributed by atoms with Gasteiger partial charge in [0.1, 0.15) is 5.76 Å². The lowest BCUT2D eigenvalue weighted by atomic mass is 10.2. The van der Waals surface area contributed by atoms with Gasteiger partial charge in [-0.05, 0) is 60.7 Å². The van der Waals surface area contributed by atoms with Gasteiger partial charge in [-0.3, -0.25) is 9.00 Å². The van der Waals surface area contributed by atoms with Gasteiger partial charge in [0.25, 0.3) is 5.91 Å². The molecule has 0 aliphatic rings. The molecule has 8 heteroatoms. The molecule has 3 amide bonds. The molecule has 0 aliphatic carbocycles. The first-order chi connectivity index (χ1) is 13.5. The van der Waals surface area contributed by atoms with Crippen LogP contribution in [0.4, 0.5) is 16.2 Å². The quantitative estimate of drug-likeness (QED) is 0.592. The smallest absolute Gasteiger partial charge is 0.319 e. The topological polar surface area (TPSA) is 100 Å². The molecule has 2 aromatic carbocycles. The molecule has 0 fully saturated rings. The summed E-state index contributed by atoms with van der Waals surface area (Å²) in [5, 5.41) is 8.15. The molecule has 1 unspecified atom stereocenters. The molecule has 1 atom stereocenters. The minimum Gasteiger partial charge on any atom is -0.467 e. The van der Waals surface area contributed by atoms with Crippen LogP contribution < -0.4 is 16.0 Å². The third-order valence-electron chi connectivity index (χ3n) is 3.85. The predicted molar refractivity (Wildman–Crippen MR) is 108 cm³/mol. The van der Waals surface area contributed by atoms with E-state index < -0.39 is 10.8 Å². The first kappa shape index (κ1) is 19.4. The maximum atomic E-state index is 12.3. The lowest BCUT2D eigenvalue weighted by Gasteiger charge is -2.09. The number of benzene rings is 2. The van der Waals surface area contributed by atoms with Crippen LogP contribution >= 0.6 is 0 Å². The second-order valence-corrected chi connectivity index (χ2v) is 7.28. The van der Waals surface area contributed by atoms with Gasteiger partial charge in [-0.1, -0.05) is 0 Å². The molecule has 3 N–H and O–H groups in total. The lowest BCUT2D eigenvalue weighted by Crippen LogP contribution is -2.27. The number of carbonyl (C=O) groups is 2. The van der Waals surface area contributed by atoms with Crippen LogP contribution in [0, 0.1) is 0 Å². The molecule has 0 radical (unpaired) electrons. The van der Waals surface area contributed by atoms with Crippen molar-refractivity contribution in [1.29, 1.82) is 0 Å². The van der Waals surface area contributed by atoms with E-state index in [1.54, 1.807) is 73.2 Å². The molecule has 1 aromatic heterocycles. The third-order valence-corrected chi connectivity index (χ3v) is 4.79. The molecule has 3 aromatic rings. The summed E-state index contributed by atoms with van der Waals surface area (Å²) in [6.45, 7) is 0.289. The molecule has 144 valence electrons. The third kappa shape index (κ3) is 5.31. The Morgan fingerprint density at radius 3 is 2.14 bits per heavy atom. The van der Waals surface area contributed by atoms with Gasteiger partial charge in [-0.15, -0.1) is 0 Å². The van der Waals surface area contributed by atoms with Crippen molar-refractivity contribution in [3.63, 3.8) is 0 Å². The monoisotopic (exact) mass is 397 g/mol. The summed E-state index contributed by atoms with van der Waals surface area (Å²) in [5.41, 5.74) is 1.65. The number of nitrogens with one attached hydrogen (secondary N) is 3. The number of carbonyl (C=O) groups excluding carboxylic acids is 2. The normalized spacial score (nSPS) is 11.5. The Balaban J connectivity index is 1.52. The average molecular weight is 397 g/mol. The van der Waals surface area contributed by atoms with Crippen LogP contribution in [-0.4, -0.2) is 22.4 Å². The van der Waals surface area contributed by atoms with Crippen molar-refractivity contribution in [2.75, 3.05) is 16.9 Å². The zero-order valence-corrected chi connectivity index (χ0v) is 15.9. The SMILES string of the molecule is CS(=O)c1ccc(C(=O)Nc2ccc(NC(=O)NCc3ccco3)cc2)cc1. The maximum Gasteiger partial charge on any atom is 0.319 e. The van der Waals surface area contributed by atoms with Crippen molar-refractivity contribution < 1.29 is 18.2 Å². The number of hydrogen-bond acceptors (Lipinski definition) is 4. The van der Waals surface area contributed by atoms with Gasteiger partial charge >= 0.3 is 6.03 Å². The number of amides is 3. The fourth-order valence-corrected chi connectivity index (χ4v) is 2.91. The first-order valence-corrected chi connectivity index (χ1v) is 9.99. The first-order valence-electron chi connectivity index (χ1n) is 8.43. The summed E-state index contributed by atoms with van der Waals surface area (Å²) in [4.78, 5) is 24.8. The molecule has 0 bridgehead atoms. The lowest BCUT2D eigenvalue weighted by molar-refractivity contribution is 0.102. The fourth-order valence-electron chi connectivity index (χ4n) is 2.39. The van der Waals surface area contributed by atoms with Crippen LogP contribution in [0.25, 0.3) is 0 Å². The van der Waals surface area contributed by atoms with Crippen molar-refractivity contribution in [2.45, 2.75) is 11.4 Å². The minimum atomic E-state index is -1.08. The van der Waals surface area contributed by atoms with Crippen molar-refractivity contribution in [3.05, 3.63) is 78.3 Å². The summed E-state index contributed by atoms with van der Waals surface area (Å²) in [5.74, 6) is 0.386. The highest BCUT2D eigenvalue weighted by Crippen LogP contribution is 2.15. The maximum absolute atomic E-state index is 12.3. The summed E-state index contributed by atoms with van der Waals surface area (Å²) in [7, 11) is -1.08. The Hall–Kier alpha value is -3.39. The van der Waals surface area contributed by atoms with Crippen LogP contribution in [0.1, 0.15) is 16.1 Å². The molecule has 1 heterocycles. The fraction of sp³-hybridized carbons (Fsp3) is 0.100. The Labute approximate surface area is 164 Å². The van der Waals surface area contributed by atoms with Crippen molar-refractivity contribution in [1.82, 2.24) is 5.32 Å². The van der Waals surface area contributed by atoms with Gasteiger partial charge in [0.2, 0.25) is 0 Å². The molecule has 0 spiro atoms. The van der Waals surface area contributed by atoms with E-state index in [0.717, 1.165) is 0 Å². The van der Waals surface area contributed by atoms with Crippen LogP contribution in [0.5, 0.6) is 0 Å². The second-order valence-electron chi connectivity index (χ2n) is 5.90. The number of hydrogen-bond donors (Lipinski definition) is 3. The zero-order valence-electron chi connectivity index (χ0n) is 15.1. The van der Waals surface area contributed by atoms with E-state index in [4.69, 9.17) is 4.42 Å². The molecule has 0 aliphatic heterocycles. The van der Waals surface area contributed by atoms with Crippen LogP contribution in [0.2, 0.25) is 0 Å². The number of rotatable bonds is 6. The highest BCUT2D eigenvalue weighted by molar-refractivity contribution is 7.84. The van der Waals surface area contributed by atoms with Crippen LogP contribution in [0.3, 0.4) is 0 Å². The number of anilines is 2. The molecule has 0 saturated carbocycles. The predicted octanol–water partition coefficient (Wildman–Crippen LogP) is 3.59. The van der Waals surface area contributed by atoms with Gasteiger partial charge < -0.3 is 20.4 Å². The highest BCUT2D eigenvalue weighted by atomic mass is 32.2. The zero-order chi connectivity index (χ0) is 19.9. The Morgan fingerprint density at radius 1 is 0.929 bits per heavy atom. The van der Waals surface area contributed by atoms with E-state index in [2.05, 4.69) is 16.0 Å². The van der Waals surface area contributed by atoms with Crippen LogP contribution in [-0.2, 0) is 17.3 Å². The second kappa shape index (κ2) is 9.01. The largest absolute Gasteiger partial charge is 0.467 e. The van der Waals surface area contributed by atoms with Gasteiger partial charge in [0, 0.05) is 38.9 Å². The highest BCUT2D eigenvalue weighted by Gasteiger charge is 2.08. The molecule has 3 rings (SSSR count). The number of furan rings is 1. The summed E-state index contributed by atoms with van der Waals surface area (Å²) in [6.07, 6.45) is 3.13. The van der Waals surface area contributed by atoms with E-state index in [-0.39, 0.29) is 18.5 Å². The van der Waals surface area contributed by atoms with E-state index >= 15 is 0 Å². The van der Waals surface area contributed by atoms with Gasteiger partial charge in [-0.25, -0.2) is 4.79 Å². The number of urea groups is 1. The van der Waals surface area contributed by atoms with Crippen molar-refractivity contribution >= 4 is 34.1 Å². The van der Waals surface area contributed by atoms with Crippen molar-refractivity contribution in [2.24, 2.45) is 0 Å². The minimum absolute atomic E-state index is 0.273. The van der Waals surface area contributed by atoms with E-state index in [1.165, 1.54) is 0 Å². The Kier molecular flexibility index (Phi) is 6.23. The molecule has 7 nitrogen and oxygen atoms in total. The summed E-state index contributed by atoms with van der Waals surface area (Å²) < 4.78 is 16.5. The Morgan fingerprint density at radius 2 is 1.57 bits per heavy atom. The van der Waals surface area contributed by atoms with Gasteiger partial charge in [0.05, 0.1) is 12.8 Å². The summed E-state index contributed by atoms with van der Waals surface area (Å²) >= 11 is 0. The van der Waals surface area contributed by atoms with Gasteiger partial charge in [-0.2, -0.15) is 0 Å². The van der Waals surface area contributed by atoms with E-state index in [1.807, 2.05) is 0 Å². The average Bonchev–Trinajstić information content (AvgIpc) is 3.21.